The highest BCUT2D eigenvalue weighted by atomic mass is 35.5. The van der Waals surface area contributed by atoms with Gasteiger partial charge in [0.25, 0.3) is 0 Å². The van der Waals surface area contributed by atoms with Gasteiger partial charge in [-0.1, -0.05) is 35.3 Å². The molecule has 0 aliphatic rings. The summed E-state index contributed by atoms with van der Waals surface area (Å²) >= 11 is 13.6. The lowest BCUT2D eigenvalue weighted by Crippen LogP contribution is -2.31. The first-order chi connectivity index (χ1) is 14.6. The van der Waals surface area contributed by atoms with Crippen LogP contribution in [-0.4, -0.2) is 36.0 Å². The molecule has 30 heavy (non-hydrogen) atoms. The Hall–Kier alpha value is -2.81. The van der Waals surface area contributed by atoms with Crippen LogP contribution in [0.15, 0.2) is 54.3 Å². The quantitative estimate of drug-likeness (QED) is 0.443. The van der Waals surface area contributed by atoms with Gasteiger partial charge in [0, 0.05) is 18.1 Å². The first-order valence-electron chi connectivity index (χ1n) is 9.00. The second-order valence-electron chi connectivity index (χ2n) is 6.47. The molecular formula is C20H16Cl2N6OS. The molecule has 10 heteroatoms. The highest BCUT2D eigenvalue weighted by Gasteiger charge is 2.18. The fourth-order valence-electron chi connectivity index (χ4n) is 2.85. The normalized spacial score (nSPS) is 10.9. The van der Waals surface area contributed by atoms with Crippen molar-refractivity contribution >= 4 is 40.4 Å². The van der Waals surface area contributed by atoms with Crippen molar-refractivity contribution in [1.82, 2.24) is 30.0 Å². The predicted molar refractivity (Wildman–Crippen MR) is 116 cm³/mol. The average Bonchev–Trinajstić information content (AvgIpc) is 3.43. The number of rotatable bonds is 7. The molecule has 3 heterocycles. The highest BCUT2D eigenvalue weighted by Crippen LogP contribution is 2.24. The van der Waals surface area contributed by atoms with E-state index in [9.17, 15) is 4.79 Å². The number of hydrogen-bond acceptors (Lipinski definition) is 6. The maximum atomic E-state index is 13.1. The van der Waals surface area contributed by atoms with Gasteiger partial charge in [-0.3, -0.25) is 14.9 Å². The lowest BCUT2D eigenvalue weighted by molar-refractivity contribution is -0.131. The van der Waals surface area contributed by atoms with Crippen molar-refractivity contribution in [1.29, 1.82) is 0 Å². The molecule has 0 aliphatic carbocycles. The summed E-state index contributed by atoms with van der Waals surface area (Å²) in [6, 6.07) is 11.0. The Morgan fingerprint density at radius 3 is 2.70 bits per heavy atom. The summed E-state index contributed by atoms with van der Waals surface area (Å²) in [7, 11) is 0. The molecule has 0 unspecified atom stereocenters. The van der Waals surface area contributed by atoms with E-state index in [-0.39, 0.29) is 12.3 Å². The van der Waals surface area contributed by atoms with Crippen LogP contribution >= 0.6 is 34.5 Å². The van der Waals surface area contributed by atoms with E-state index >= 15 is 0 Å². The third-order valence-corrected chi connectivity index (χ3v) is 5.93. The standard InChI is InChI=1S/C20H16Cl2N6OS/c21-16-5-4-13(7-17(16)22)9-28(10-14-3-1-2-6-23-14)18(29)8-15-11-30-20(26-15)19-24-12-25-27-19/h1-7,11-12H,8-10H2,(H,24,25,27). The second-order valence-corrected chi connectivity index (χ2v) is 8.15. The van der Waals surface area contributed by atoms with Crippen molar-refractivity contribution in [2.75, 3.05) is 0 Å². The van der Waals surface area contributed by atoms with Gasteiger partial charge in [0.2, 0.25) is 5.91 Å². The number of aromatic amines is 1. The molecule has 0 radical (unpaired) electrons. The predicted octanol–water partition coefficient (Wildman–Crippen LogP) is 4.40. The van der Waals surface area contributed by atoms with Crippen LogP contribution in [0.2, 0.25) is 10.0 Å². The molecule has 0 spiro atoms. The number of nitrogens with zero attached hydrogens (tertiary/aromatic N) is 5. The maximum absolute atomic E-state index is 13.1. The minimum atomic E-state index is -0.0684. The molecule has 1 N–H and O–H groups in total. The van der Waals surface area contributed by atoms with Crippen molar-refractivity contribution in [2.45, 2.75) is 19.5 Å². The average molecular weight is 459 g/mol. The van der Waals surface area contributed by atoms with Crippen LogP contribution in [0.1, 0.15) is 17.0 Å². The number of benzene rings is 1. The van der Waals surface area contributed by atoms with Gasteiger partial charge in [-0.15, -0.1) is 11.3 Å². The van der Waals surface area contributed by atoms with E-state index in [1.165, 1.54) is 17.7 Å². The Bertz CT molecular complexity index is 1130. The number of halogens is 2. The number of thiazole rings is 1. The molecule has 0 fully saturated rings. The zero-order valence-electron chi connectivity index (χ0n) is 15.6. The highest BCUT2D eigenvalue weighted by molar-refractivity contribution is 7.13. The van der Waals surface area contributed by atoms with E-state index in [0.29, 0.717) is 39.7 Å². The number of H-pyrrole nitrogens is 1. The monoisotopic (exact) mass is 458 g/mol. The Balaban J connectivity index is 1.53. The molecule has 1 aromatic carbocycles. The third-order valence-electron chi connectivity index (χ3n) is 4.29. The largest absolute Gasteiger partial charge is 0.332 e. The van der Waals surface area contributed by atoms with Gasteiger partial charge in [-0.25, -0.2) is 9.97 Å². The topological polar surface area (TPSA) is 87.7 Å². The van der Waals surface area contributed by atoms with Crippen LogP contribution in [0, 0.1) is 0 Å². The van der Waals surface area contributed by atoms with E-state index in [0.717, 1.165) is 11.3 Å². The summed E-state index contributed by atoms with van der Waals surface area (Å²) in [5, 5.41) is 10.1. The number of hydrogen-bond donors (Lipinski definition) is 1. The first-order valence-corrected chi connectivity index (χ1v) is 10.6. The lowest BCUT2D eigenvalue weighted by atomic mass is 10.2. The zero-order chi connectivity index (χ0) is 20.9. The molecule has 1 amide bonds. The minimum absolute atomic E-state index is 0.0684. The van der Waals surface area contributed by atoms with Crippen LogP contribution in [-0.2, 0) is 24.3 Å². The van der Waals surface area contributed by atoms with Crippen molar-refractivity contribution in [3.63, 3.8) is 0 Å². The van der Waals surface area contributed by atoms with Crippen molar-refractivity contribution in [2.24, 2.45) is 0 Å². The van der Waals surface area contributed by atoms with Crippen LogP contribution in [0.5, 0.6) is 0 Å². The molecule has 4 rings (SSSR count). The zero-order valence-corrected chi connectivity index (χ0v) is 18.0. The Kier molecular flexibility index (Phi) is 6.37. The summed E-state index contributed by atoms with van der Waals surface area (Å²) in [5.41, 5.74) is 2.36. The van der Waals surface area contributed by atoms with Gasteiger partial charge in [-0.2, -0.15) is 5.10 Å². The molecule has 4 aromatic rings. The summed E-state index contributed by atoms with van der Waals surface area (Å²) in [5.74, 6) is 0.515. The molecule has 0 saturated heterocycles. The summed E-state index contributed by atoms with van der Waals surface area (Å²) in [4.78, 5) is 27.8. The SMILES string of the molecule is O=C(Cc1csc(-c2ncn[nH]2)n1)N(Cc1ccc(Cl)c(Cl)c1)Cc1ccccn1. The Morgan fingerprint density at radius 2 is 1.97 bits per heavy atom. The van der Waals surface area contributed by atoms with Crippen molar-refractivity contribution in [3.05, 3.63) is 81.3 Å². The molecule has 152 valence electrons. The molecule has 0 aliphatic heterocycles. The smallest absolute Gasteiger partial charge is 0.229 e. The van der Waals surface area contributed by atoms with Gasteiger partial charge >= 0.3 is 0 Å². The molecule has 0 atom stereocenters. The maximum Gasteiger partial charge on any atom is 0.229 e. The van der Waals surface area contributed by atoms with Crippen molar-refractivity contribution < 1.29 is 4.79 Å². The molecule has 3 aromatic heterocycles. The minimum Gasteiger partial charge on any atom is -0.332 e. The summed E-state index contributed by atoms with van der Waals surface area (Å²) in [6.45, 7) is 0.754. The molecular weight excluding hydrogens is 443 g/mol. The Labute approximate surface area is 186 Å². The third kappa shape index (κ3) is 5.02. The van der Waals surface area contributed by atoms with E-state index in [4.69, 9.17) is 23.2 Å². The molecule has 0 saturated carbocycles. The number of pyridine rings is 1. The lowest BCUT2D eigenvalue weighted by Gasteiger charge is -2.22. The van der Waals surface area contributed by atoms with Crippen molar-refractivity contribution in [3.8, 4) is 10.8 Å². The van der Waals surface area contributed by atoms with Crippen LogP contribution in [0.4, 0.5) is 0 Å². The van der Waals surface area contributed by atoms with Gasteiger partial charge in [0.05, 0.1) is 34.4 Å². The Morgan fingerprint density at radius 1 is 1.07 bits per heavy atom. The first kappa shape index (κ1) is 20.5. The van der Waals surface area contributed by atoms with E-state index in [1.54, 1.807) is 23.2 Å². The fraction of sp³-hybridized carbons (Fsp3) is 0.150. The summed E-state index contributed by atoms with van der Waals surface area (Å²) < 4.78 is 0. The number of nitrogens with one attached hydrogen (secondary N) is 1. The second kappa shape index (κ2) is 9.34. The van der Waals surface area contributed by atoms with Gasteiger partial charge in [-0.05, 0) is 29.8 Å². The number of carbonyl (C=O) groups is 1. The number of aromatic nitrogens is 5. The van der Waals surface area contributed by atoms with Gasteiger partial charge in [0.1, 0.15) is 6.33 Å². The van der Waals surface area contributed by atoms with E-state index in [2.05, 4.69) is 25.1 Å². The van der Waals surface area contributed by atoms with E-state index in [1.807, 2.05) is 29.6 Å². The van der Waals surface area contributed by atoms with Crippen LogP contribution in [0.3, 0.4) is 0 Å². The van der Waals surface area contributed by atoms with Crippen LogP contribution < -0.4 is 0 Å². The van der Waals surface area contributed by atoms with E-state index < -0.39 is 0 Å². The number of carbonyl (C=O) groups excluding carboxylic acids is 1. The fourth-order valence-corrected chi connectivity index (χ4v) is 3.93. The molecule has 7 nitrogen and oxygen atoms in total. The molecule has 0 bridgehead atoms. The van der Waals surface area contributed by atoms with Crippen LogP contribution in [0.25, 0.3) is 10.8 Å². The van der Waals surface area contributed by atoms with Gasteiger partial charge < -0.3 is 4.90 Å². The number of amides is 1. The van der Waals surface area contributed by atoms with Gasteiger partial charge in [0.15, 0.2) is 10.8 Å². The summed E-state index contributed by atoms with van der Waals surface area (Å²) in [6.07, 6.45) is 3.30.